The van der Waals surface area contributed by atoms with Gasteiger partial charge in [-0.15, -0.1) is 0 Å². The van der Waals surface area contributed by atoms with Crippen LogP contribution in [0, 0.1) is 23.7 Å². The Labute approximate surface area is 287 Å². The Bertz CT molecular complexity index is 2310. The molecule has 0 atom stereocenters. The predicted molar refractivity (Wildman–Crippen MR) is 200 cm³/mol. The molecule has 1 aromatic heterocycles. The first kappa shape index (κ1) is 27.6. The lowest BCUT2D eigenvalue weighted by Gasteiger charge is -2.63. The molecule has 6 aromatic carbocycles. The van der Waals surface area contributed by atoms with Crippen molar-refractivity contribution in [3.63, 3.8) is 0 Å². The smallest absolute Gasteiger partial charge is 0.133 e. The third-order valence-corrected chi connectivity index (χ3v) is 12.6. The van der Waals surface area contributed by atoms with Crippen LogP contribution in [0.3, 0.4) is 0 Å². The van der Waals surface area contributed by atoms with Gasteiger partial charge in [0.15, 0.2) is 0 Å². The Morgan fingerprint density at radius 3 is 1.73 bits per heavy atom. The highest BCUT2D eigenvalue weighted by atomic mass is 16.5. The van der Waals surface area contributed by atoms with Crippen molar-refractivity contribution in [2.45, 2.75) is 37.5 Å². The largest absolute Gasteiger partial charge is 0.457 e. The molecule has 7 aromatic rings. The number of hydrogen-bond donors (Lipinski definition) is 0. The van der Waals surface area contributed by atoms with Crippen molar-refractivity contribution in [3.8, 4) is 17.2 Å². The van der Waals surface area contributed by atoms with E-state index in [-0.39, 0.29) is 5.41 Å². The number of aromatic nitrogens is 1. The predicted octanol–water partition coefficient (Wildman–Crippen LogP) is 12.1. The van der Waals surface area contributed by atoms with E-state index >= 15 is 0 Å². The number of fused-ring (bicyclic) bond motifs is 5. The fourth-order valence-corrected chi connectivity index (χ4v) is 11.0. The van der Waals surface area contributed by atoms with Crippen LogP contribution in [-0.4, -0.2) is 4.57 Å². The molecule has 238 valence electrons. The minimum absolute atomic E-state index is 0.0532. The van der Waals surface area contributed by atoms with Crippen molar-refractivity contribution in [1.82, 2.24) is 4.57 Å². The fourth-order valence-electron chi connectivity index (χ4n) is 11.0. The van der Waals surface area contributed by atoms with Gasteiger partial charge in [-0.05, 0) is 116 Å². The minimum atomic E-state index is 0.0532. The molecule has 12 rings (SSSR count). The van der Waals surface area contributed by atoms with E-state index in [0.29, 0.717) is 11.8 Å². The third-order valence-electron chi connectivity index (χ3n) is 12.6. The van der Waals surface area contributed by atoms with Crippen molar-refractivity contribution in [1.29, 1.82) is 0 Å². The molecule has 0 saturated heterocycles. The maximum Gasteiger partial charge on any atom is 0.133 e. The van der Waals surface area contributed by atoms with E-state index in [9.17, 15) is 0 Å². The lowest BCUT2D eigenvalue weighted by Crippen LogP contribution is -2.56. The summed E-state index contributed by atoms with van der Waals surface area (Å²) in [6, 6.07) is 53.3. The SMILES string of the molecule is c1ccc(N(c2ccc(-n3c4ccccc4c4ccccc43)cc2)c2ccc3c(c2)Oc2ccccc2C32C3CC4CC(C3)CC2C4)cc1. The van der Waals surface area contributed by atoms with E-state index in [4.69, 9.17) is 4.74 Å². The first-order valence-corrected chi connectivity index (χ1v) is 18.1. The maximum absolute atomic E-state index is 6.89. The summed E-state index contributed by atoms with van der Waals surface area (Å²) in [5.41, 5.74) is 9.88. The first-order valence-electron chi connectivity index (χ1n) is 18.1. The van der Waals surface area contributed by atoms with E-state index in [1.165, 1.54) is 65.0 Å². The highest BCUT2D eigenvalue weighted by molar-refractivity contribution is 6.09. The molecule has 4 bridgehead atoms. The van der Waals surface area contributed by atoms with Crippen LogP contribution in [0.4, 0.5) is 17.1 Å². The standard InChI is InChI=1S/C46H38N2O/c1-2-10-34(11-3-1)47(35-18-20-36(21-19-35)48-42-15-7-4-12-38(42)39-13-5-8-16-43(39)48)37-22-23-41-45(29-37)49-44-17-9-6-14-40(44)46(41)32-25-30-24-31(27-32)28-33(46)26-30/h1-23,29-33H,24-28H2. The Hall–Kier alpha value is -5.28. The van der Waals surface area contributed by atoms with Crippen LogP contribution in [-0.2, 0) is 5.41 Å². The Kier molecular flexibility index (Phi) is 5.85. The lowest BCUT2D eigenvalue weighted by atomic mass is 9.42. The lowest BCUT2D eigenvalue weighted by molar-refractivity contribution is -0.0452. The van der Waals surface area contributed by atoms with Crippen molar-refractivity contribution in [2.24, 2.45) is 23.7 Å². The van der Waals surface area contributed by atoms with E-state index in [1.807, 2.05) is 0 Å². The Morgan fingerprint density at radius 2 is 1.04 bits per heavy atom. The molecule has 3 nitrogen and oxygen atoms in total. The summed E-state index contributed by atoms with van der Waals surface area (Å²) >= 11 is 0. The molecule has 1 aliphatic heterocycles. The van der Waals surface area contributed by atoms with Gasteiger partial charge in [0.25, 0.3) is 0 Å². The zero-order chi connectivity index (χ0) is 32.1. The summed E-state index contributed by atoms with van der Waals surface area (Å²) < 4.78 is 9.28. The molecule has 0 amide bonds. The first-order chi connectivity index (χ1) is 24.3. The molecular formula is C46H38N2O. The number of benzene rings is 6. The highest BCUT2D eigenvalue weighted by Gasteiger charge is 2.61. The van der Waals surface area contributed by atoms with Gasteiger partial charge in [0.1, 0.15) is 11.5 Å². The van der Waals surface area contributed by atoms with Crippen LogP contribution in [0.2, 0.25) is 0 Å². The van der Waals surface area contributed by atoms with Crippen molar-refractivity contribution < 1.29 is 4.74 Å². The highest BCUT2D eigenvalue weighted by Crippen LogP contribution is 2.69. The molecule has 0 unspecified atom stereocenters. The van der Waals surface area contributed by atoms with Crippen LogP contribution in [0.25, 0.3) is 27.5 Å². The molecule has 4 aliphatic carbocycles. The molecule has 5 aliphatic rings. The van der Waals surface area contributed by atoms with Crippen LogP contribution in [0.1, 0.15) is 43.2 Å². The number of hydrogen-bond acceptors (Lipinski definition) is 2. The summed E-state index contributed by atoms with van der Waals surface area (Å²) in [5, 5.41) is 2.56. The van der Waals surface area contributed by atoms with E-state index in [1.54, 1.807) is 0 Å². The normalized spacial score (nSPS) is 24.6. The van der Waals surface area contributed by atoms with Gasteiger partial charge in [-0.2, -0.15) is 0 Å². The van der Waals surface area contributed by atoms with Gasteiger partial charge in [0.05, 0.1) is 11.0 Å². The number of rotatable bonds is 4. The number of anilines is 3. The van der Waals surface area contributed by atoms with Crippen LogP contribution < -0.4 is 9.64 Å². The molecule has 4 saturated carbocycles. The van der Waals surface area contributed by atoms with E-state index < -0.39 is 0 Å². The van der Waals surface area contributed by atoms with Gasteiger partial charge in [-0.25, -0.2) is 0 Å². The number of nitrogens with zero attached hydrogens (tertiary/aromatic N) is 2. The van der Waals surface area contributed by atoms with Gasteiger partial charge in [-0.1, -0.05) is 78.9 Å². The average molecular weight is 635 g/mol. The second-order valence-electron chi connectivity index (χ2n) is 15.0. The van der Waals surface area contributed by atoms with Gasteiger partial charge in [0.2, 0.25) is 0 Å². The van der Waals surface area contributed by atoms with Crippen molar-refractivity contribution in [3.05, 3.63) is 157 Å². The average Bonchev–Trinajstić information content (AvgIpc) is 3.48. The summed E-state index contributed by atoms with van der Waals surface area (Å²) in [6.45, 7) is 0. The number of para-hydroxylation sites is 4. The topological polar surface area (TPSA) is 17.4 Å². The van der Waals surface area contributed by atoms with Crippen molar-refractivity contribution >= 4 is 38.9 Å². The van der Waals surface area contributed by atoms with Crippen molar-refractivity contribution in [2.75, 3.05) is 4.90 Å². The van der Waals surface area contributed by atoms with Gasteiger partial charge < -0.3 is 14.2 Å². The summed E-state index contributed by atoms with van der Waals surface area (Å²) in [5.74, 6) is 5.29. The van der Waals surface area contributed by atoms with Gasteiger partial charge >= 0.3 is 0 Å². The maximum atomic E-state index is 6.89. The molecule has 49 heavy (non-hydrogen) atoms. The van der Waals surface area contributed by atoms with E-state index in [0.717, 1.165) is 46.1 Å². The molecule has 0 radical (unpaired) electrons. The van der Waals surface area contributed by atoms with E-state index in [2.05, 4.69) is 155 Å². The molecule has 2 heterocycles. The zero-order valence-electron chi connectivity index (χ0n) is 27.5. The van der Waals surface area contributed by atoms with Crippen LogP contribution in [0.5, 0.6) is 11.5 Å². The molecule has 3 heteroatoms. The second-order valence-corrected chi connectivity index (χ2v) is 15.0. The van der Waals surface area contributed by atoms with Gasteiger partial charge in [-0.3, -0.25) is 0 Å². The Balaban J connectivity index is 1.05. The number of ether oxygens (including phenoxy) is 1. The minimum Gasteiger partial charge on any atom is -0.457 e. The van der Waals surface area contributed by atoms with Crippen LogP contribution >= 0.6 is 0 Å². The third kappa shape index (κ3) is 3.90. The van der Waals surface area contributed by atoms with Gasteiger partial charge in [0, 0.05) is 56.1 Å². The Morgan fingerprint density at radius 1 is 0.490 bits per heavy atom. The molecule has 0 N–H and O–H groups in total. The fraction of sp³-hybridized carbons (Fsp3) is 0.217. The monoisotopic (exact) mass is 634 g/mol. The molecule has 4 fully saturated rings. The molecule has 1 spiro atoms. The summed E-state index contributed by atoms with van der Waals surface area (Å²) in [7, 11) is 0. The molecular weight excluding hydrogens is 597 g/mol. The quantitative estimate of drug-likeness (QED) is 0.192. The zero-order valence-corrected chi connectivity index (χ0v) is 27.5. The second kappa shape index (κ2) is 10.4. The van der Waals surface area contributed by atoms with Crippen LogP contribution in [0.15, 0.2) is 146 Å². The summed E-state index contributed by atoms with van der Waals surface area (Å²) in [4.78, 5) is 2.38. The summed E-state index contributed by atoms with van der Waals surface area (Å²) in [6.07, 6.45) is 6.89.